The van der Waals surface area contributed by atoms with Crippen molar-refractivity contribution >= 4 is 87.8 Å². The third kappa shape index (κ3) is 12.3. The van der Waals surface area contributed by atoms with Crippen molar-refractivity contribution in [3.8, 4) is 0 Å². The monoisotopic (exact) mass is 734 g/mol. The normalized spacial score (nSPS) is 21.1. The Morgan fingerprint density at radius 3 is 2.25 bits per heavy atom. The number of nitrogens with zero attached hydrogens (tertiary/aromatic N) is 1. The molecule has 1 aliphatic heterocycles. The van der Waals surface area contributed by atoms with Crippen molar-refractivity contribution in [1.82, 2.24) is 31.6 Å². The van der Waals surface area contributed by atoms with Crippen molar-refractivity contribution < 1.29 is 28.8 Å². The van der Waals surface area contributed by atoms with Crippen LogP contribution in [0.15, 0.2) is 41.9 Å². The summed E-state index contributed by atoms with van der Waals surface area (Å²) in [6, 6.07) is 3.50. The van der Waals surface area contributed by atoms with Crippen molar-refractivity contribution in [3.63, 3.8) is 0 Å². The third-order valence-electron chi connectivity index (χ3n) is 7.30. The molecule has 3 rings (SSSR count). The predicted octanol–water partition coefficient (Wildman–Crippen LogP) is 2.39. The Labute approximate surface area is 298 Å². The first kappa shape index (κ1) is 39.1. The number of thiazole rings is 1. The average Bonchev–Trinajstić information content (AvgIpc) is 3.62. The van der Waals surface area contributed by atoms with Gasteiger partial charge in [0.15, 0.2) is 5.01 Å². The first-order valence-electron chi connectivity index (χ1n) is 15.6. The van der Waals surface area contributed by atoms with Crippen molar-refractivity contribution in [2.24, 2.45) is 5.92 Å². The van der Waals surface area contributed by atoms with Gasteiger partial charge in [0.25, 0.3) is 5.91 Å². The van der Waals surface area contributed by atoms with Gasteiger partial charge in [0.2, 0.25) is 29.4 Å². The van der Waals surface area contributed by atoms with E-state index >= 15 is 0 Å². The number of aromatic nitrogens is 1. The number of ketones is 1. The molecule has 2 unspecified atom stereocenters. The summed E-state index contributed by atoms with van der Waals surface area (Å²) in [7, 11) is 0. The highest BCUT2D eigenvalue weighted by Gasteiger charge is 2.33. The minimum Gasteiger partial charge on any atom is -0.343 e. The van der Waals surface area contributed by atoms with E-state index in [9.17, 15) is 28.8 Å². The second kappa shape index (κ2) is 20.2. The topological polar surface area (TPSA) is 175 Å². The van der Waals surface area contributed by atoms with E-state index in [-0.39, 0.29) is 16.7 Å². The minimum absolute atomic E-state index is 0.194. The lowest BCUT2D eigenvalue weighted by atomic mass is 10.0. The van der Waals surface area contributed by atoms with Crippen LogP contribution in [0.5, 0.6) is 0 Å². The fraction of sp³-hybridized carbons (Fsp3) is 0.500. The highest BCUT2D eigenvalue weighted by Crippen LogP contribution is 2.15. The number of carbonyl (C=O) groups excluding carboxylic acids is 6. The van der Waals surface area contributed by atoms with Crippen LogP contribution in [0.25, 0.3) is 0 Å². The molecule has 0 spiro atoms. The van der Waals surface area contributed by atoms with E-state index in [1.807, 2.05) is 0 Å². The number of benzene rings is 1. The van der Waals surface area contributed by atoms with Crippen LogP contribution < -0.4 is 26.6 Å². The summed E-state index contributed by atoms with van der Waals surface area (Å²) in [6.45, 7) is 5.00. The Balaban J connectivity index is 1.72. The van der Waals surface area contributed by atoms with E-state index in [1.54, 1.807) is 61.3 Å². The van der Waals surface area contributed by atoms with E-state index in [0.29, 0.717) is 11.3 Å². The van der Waals surface area contributed by atoms with E-state index in [0.717, 1.165) is 47.5 Å². The molecular formula is C32H42N6O6S4. The molecule has 1 aliphatic rings. The van der Waals surface area contributed by atoms with E-state index in [4.69, 9.17) is 12.2 Å². The van der Waals surface area contributed by atoms with E-state index in [1.165, 1.54) is 24.9 Å². The van der Waals surface area contributed by atoms with Crippen LogP contribution in [-0.2, 0) is 19.2 Å². The highest BCUT2D eigenvalue weighted by molar-refractivity contribution is 7.99. The molecule has 0 aliphatic carbocycles. The second-order valence-corrected chi connectivity index (χ2v) is 14.9. The average molecular weight is 735 g/mol. The summed E-state index contributed by atoms with van der Waals surface area (Å²) < 4.78 is 0. The van der Waals surface area contributed by atoms with Crippen LogP contribution in [-0.4, -0.2) is 98.9 Å². The van der Waals surface area contributed by atoms with Crippen LogP contribution >= 0.6 is 47.1 Å². The van der Waals surface area contributed by atoms with E-state index in [2.05, 4.69) is 31.6 Å². The van der Waals surface area contributed by atoms with E-state index < -0.39 is 65.5 Å². The Morgan fingerprint density at radius 2 is 1.62 bits per heavy atom. The quantitative estimate of drug-likeness (QED) is 0.180. The molecule has 0 saturated carbocycles. The zero-order valence-corrected chi connectivity index (χ0v) is 30.3. The number of thioether (sulfide) groups is 2. The summed E-state index contributed by atoms with van der Waals surface area (Å²) in [4.78, 5) is 83.1. The van der Waals surface area contributed by atoms with Crippen molar-refractivity contribution in [2.75, 3.05) is 23.0 Å². The zero-order chi connectivity index (χ0) is 35.1. The molecule has 16 heteroatoms. The van der Waals surface area contributed by atoms with Gasteiger partial charge in [-0.2, -0.15) is 23.5 Å². The molecule has 5 amide bonds. The summed E-state index contributed by atoms with van der Waals surface area (Å²) in [5.74, 6) is -1.40. The SMILES string of the molecule is CC(C)C1NC(=O)[C@@H](NC(=O)c2ccccc2)CSCCCCCSCC(C(=O)N[C@@H](C)C(=O)N[C@@H](C=S)C(=O)c2nccs2)NC1=O. The molecule has 260 valence electrons. The number of thiocarbonyl (C=S) groups is 1. The Hall–Kier alpha value is -3.34. The predicted molar refractivity (Wildman–Crippen MR) is 195 cm³/mol. The first-order chi connectivity index (χ1) is 23.0. The smallest absolute Gasteiger partial charge is 0.251 e. The largest absolute Gasteiger partial charge is 0.343 e. The lowest BCUT2D eigenvalue weighted by molar-refractivity contribution is -0.134. The Bertz CT molecular complexity index is 1410. The molecule has 1 aromatic carbocycles. The second-order valence-electron chi connectivity index (χ2n) is 11.4. The molecule has 5 N–H and O–H groups in total. The summed E-state index contributed by atoms with van der Waals surface area (Å²) in [5, 5.41) is 16.5. The number of hydrogen-bond donors (Lipinski definition) is 5. The summed E-state index contributed by atoms with van der Waals surface area (Å²) >= 11 is 9.15. The number of hydrogen-bond acceptors (Lipinski definition) is 11. The summed E-state index contributed by atoms with van der Waals surface area (Å²) in [6.07, 6.45) is 4.22. The minimum atomic E-state index is -1.11. The number of amides is 5. The van der Waals surface area contributed by atoms with Gasteiger partial charge in [0, 0.05) is 34.0 Å². The molecule has 5 atom stereocenters. The number of rotatable bonds is 10. The fourth-order valence-corrected chi connectivity index (χ4v) is 7.43. The first-order valence-corrected chi connectivity index (χ1v) is 19.3. The third-order valence-corrected chi connectivity index (χ3v) is 10.6. The van der Waals surface area contributed by atoms with Gasteiger partial charge >= 0.3 is 0 Å². The van der Waals surface area contributed by atoms with Crippen LogP contribution in [0.1, 0.15) is 60.2 Å². The maximum absolute atomic E-state index is 13.6. The van der Waals surface area contributed by atoms with Crippen LogP contribution in [0.2, 0.25) is 0 Å². The van der Waals surface area contributed by atoms with Crippen molar-refractivity contribution in [2.45, 2.75) is 70.2 Å². The van der Waals surface area contributed by atoms with Gasteiger partial charge < -0.3 is 26.6 Å². The summed E-state index contributed by atoms with van der Waals surface area (Å²) in [5.41, 5.74) is 0.416. The number of carbonyl (C=O) groups is 6. The highest BCUT2D eigenvalue weighted by atomic mass is 32.2. The molecule has 1 saturated heterocycles. The molecule has 2 heterocycles. The van der Waals surface area contributed by atoms with Gasteiger partial charge in [-0.05, 0) is 49.3 Å². The standard InChI is InChI=1S/C32H42N6O6S4/c1-19(2)25-31(44)37-23(29(42)34-20(3)27(40)35-22(16-45)26(39)32-33-12-15-48-32)17-46-13-8-5-9-14-47-18-24(30(43)38-25)36-28(41)21-10-6-4-7-11-21/h4,6-7,10-12,15-16,19-20,22-25H,5,8-9,13-14,17-18H2,1-3H3,(H,34,42)(H,35,40)(H,36,41)(H,37,44)(H,38,43)/t20-,22-,23?,24-,25?/m0/s1. The molecule has 12 nitrogen and oxygen atoms in total. The molecule has 0 radical (unpaired) electrons. The van der Waals surface area contributed by atoms with Gasteiger partial charge in [0.1, 0.15) is 30.2 Å². The van der Waals surface area contributed by atoms with Gasteiger partial charge in [-0.15, -0.1) is 11.3 Å². The Morgan fingerprint density at radius 1 is 0.938 bits per heavy atom. The van der Waals surface area contributed by atoms with Gasteiger partial charge in [-0.1, -0.05) is 50.7 Å². The van der Waals surface area contributed by atoms with Gasteiger partial charge in [-0.3, -0.25) is 28.8 Å². The molecular weight excluding hydrogens is 693 g/mol. The van der Waals surface area contributed by atoms with Crippen LogP contribution in [0.3, 0.4) is 0 Å². The van der Waals surface area contributed by atoms with Gasteiger partial charge in [-0.25, -0.2) is 4.98 Å². The molecule has 2 aromatic rings. The van der Waals surface area contributed by atoms with Crippen LogP contribution in [0, 0.1) is 5.92 Å². The maximum atomic E-state index is 13.6. The lowest BCUT2D eigenvalue weighted by Gasteiger charge is -2.28. The zero-order valence-electron chi connectivity index (χ0n) is 27.1. The maximum Gasteiger partial charge on any atom is 0.251 e. The fourth-order valence-electron chi connectivity index (χ4n) is 4.53. The van der Waals surface area contributed by atoms with Crippen LogP contribution in [0.4, 0.5) is 0 Å². The Kier molecular flexibility index (Phi) is 16.5. The molecule has 1 aromatic heterocycles. The number of nitrogens with one attached hydrogen (secondary N) is 5. The molecule has 1 fully saturated rings. The molecule has 48 heavy (non-hydrogen) atoms. The van der Waals surface area contributed by atoms with Crippen molar-refractivity contribution in [3.05, 3.63) is 52.5 Å². The van der Waals surface area contributed by atoms with Crippen molar-refractivity contribution in [1.29, 1.82) is 0 Å². The van der Waals surface area contributed by atoms with Gasteiger partial charge in [0.05, 0.1) is 0 Å². The molecule has 0 bridgehead atoms. The lowest BCUT2D eigenvalue weighted by Crippen LogP contribution is -2.60. The number of Topliss-reactive ketones (excluding diaryl/α,β-unsaturated/α-hetero) is 1.